The van der Waals surface area contributed by atoms with Crippen molar-refractivity contribution >= 4 is 10.9 Å². The monoisotopic (exact) mass is 293 g/mol. The number of nitrogens with one attached hydrogen (secondary N) is 1. The lowest BCUT2D eigenvalue weighted by Crippen LogP contribution is -2.09. The molecule has 22 heavy (non-hydrogen) atoms. The highest BCUT2D eigenvalue weighted by Gasteiger charge is 2.27. The predicted molar refractivity (Wildman–Crippen MR) is 89.8 cm³/mol. The number of rotatable bonds is 2. The Labute approximate surface area is 130 Å². The van der Waals surface area contributed by atoms with Crippen LogP contribution in [-0.4, -0.2) is 4.98 Å². The summed E-state index contributed by atoms with van der Waals surface area (Å²) in [5.41, 5.74) is 6.45. The summed E-state index contributed by atoms with van der Waals surface area (Å²) in [6.07, 6.45) is 3.70. The number of aryl methyl sites for hydroxylation is 2. The van der Waals surface area contributed by atoms with Crippen molar-refractivity contribution in [2.75, 3.05) is 0 Å². The van der Waals surface area contributed by atoms with Gasteiger partial charge in [-0.3, -0.25) is 0 Å². The highest BCUT2D eigenvalue weighted by atomic mass is 19.1. The molecule has 1 saturated carbocycles. The summed E-state index contributed by atoms with van der Waals surface area (Å²) in [6.45, 7) is 4.05. The Bertz CT molecular complexity index is 838. The molecule has 0 atom stereocenters. The zero-order chi connectivity index (χ0) is 15.3. The van der Waals surface area contributed by atoms with Crippen molar-refractivity contribution in [2.24, 2.45) is 0 Å². The van der Waals surface area contributed by atoms with Crippen LogP contribution < -0.4 is 0 Å². The zero-order valence-electron chi connectivity index (χ0n) is 13.0. The Morgan fingerprint density at radius 3 is 2.36 bits per heavy atom. The second-order valence-electron chi connectivity index (χ2n) is 6.58. The summed E-state index contributed by atoms with van der Waals surface area (Å²) in [7, 11) is 0. The summed E-state index contributed by atoms with van der Waals surface area (Å²) >= 11 is 0. The van der Waals surface area contributed by atoms with Crippen LogP contribution in [0.4, 0.5) is 4.39 Å². The molecule has 0 amide bonds. The van der Waals surface area contributed by atoms with E-state index in [9.17, 15) is 4.39 Å². The van der Waals surface area contributed by atoms with Crippen LogP contribution in [0.15, 0.2) is 36.4 Å². The average molecular weight is 293 g/mol. The topological polar surface area (TPSA) is 15.8 Å². The minimum atomic E-state index is -0.145. The fourth-order valence-corrected chi connectivity index (χ4v) is 3.48. The fourth-order valence-electron chi connectivity index (χ4n) is 3.48. The first kappa shape index (κ1) is 13.6. The lowest BCUT2D eigenvalue weighted by atomic mass is 9.78. The second-order valence-corrected chi connectivity index (χ2v) is 6.58. The molecular weight excluding hydrogens is 273 g/mol. The van der Waals surface area contributed by atoms with E-state index in [1.54, 1.807) is 6.07 Å². The van der Waals surface area contributed by atoms with Crippen molar-refractivity contribution in [3.63, 3.8) is 0 Å². The van der Waals surface area contributed by atoms with Gasteiger partial charge in [0.05, 0.1) is 11.2 Å². The van der Waals surface area contributed by atoms with Crippen molar-refractivity contribution in [3.8, 4) is 11.3 Å². The summed E-state index contributed by atoms with van der Waals surface area (Å²) in [5, 5.41) is 1.07. The molecule has 0 bridgehead atoms. The van der Waals surface area contributed by atoms with Gasteiger partial charge in [0.2, 0.25) is 0 Å². The van der Waals surface area contributed by atoms with E-state index in [2.05, 4.69) is 42.2 Å². The van der Waals surface area contributed by atoms with Crippen molar-refractivity contribution < 1.29 is 4.39 Å². The van der Waals surface area contributed by atoms with Gasteiger partial charge >= 0.3 is 0 Å². The SMILES string of the molecule is Cc1ccc(-c2[nH]c3c(F)cc(C)cc3c2C2CCC2)cc1. The predicted octanol–water partition coefficient (Wildman–Crippen LogP) is 5.86. The third kappa shape index (κ3) is 2.06. The van der Waals surface area contributed by atoms with Crippen LogP contribution in [0.25, 0.3) is 22.2 Å². The van der Waals surface area contributed by atoms with Gasteiger partial charge in [-0.05, 0) is 61.4 Å². The van der Waals surface area contributed by atoms with Crippen LogP contribution in [0.1, 0.15) is 41.9 Å². The molecule has 1 N–H and O–H groups in total. The third-order valence-corrected chi connectivity index (χ3v) is 4.90. The van der Waals surface area contributed by atoms with Crippen LogP contribution in [-0.2, 0) is 0 Å². The first-order valence-corrected chi connectivity index (χ1v) is 8.02. The number of halogens is 1. The van der Waals surface area contributed by atoms with E-state index in [1.165, 1.54) is 30.4 Å². The molecule has 0 spiro atoms. The molecule has 1 fully saturated rings. The van der Waals surface area contributed by atoms with Gasteiger partial charge in [-0.1, -0.05) is 36.2 Å². The van der Waals surface area contributed by atoms with Crippen LogP contribution in [0.5, 0.6) is 0 Å². The molecule has 1 aliphatic carbocycles. The normalized spacial score (nSPS) is 15.2. The van der Waals surface area contributed by atoms with Gasteiger partial charge in [0.15, 0.2) is 0 Å². The van der Waals surface area contributed by atoms with Crippen molar-refractivity contribution in [3.05, 3.63) is 58.9 Å². The smallest absolute Gasteiger partial charge is 0.147 e. The van der Waals surface area contributed by atoms with Gasteiger partial charge in [-0.2, -0.15) is 0 Å². The first-order valence-electron chi connectivity index (χ1n) is 8.02. The van der Waals surface area contributed by atoms with Crippen LogP contribution in [0.3, 0.4) is 0 Å². The van der Waals surface area contributed by atoms with E-state index < -0.39 is 0 Å². The fraction of sp³-hybridized carbons (Fsp3) is 0.300. The summed E-state index contributed by atoms with van der Waals surface area (Å²) < 4.78 is 14.4. The quantitative estimate of drug-likeness (QED) is 0.609. The Balaban J connectivity index is 2.00. The number of hydrogen-bond donors (Lipinski definition) is 1. The molecule has 3 aromatic rings. The van der Waals surface area contributed by atoms with Gasteiger partial charge in [0.25, 0.3) is 0 Å². The van der Waals surface area contributed by atoms with Gasteiger partial charge in [-0.15, -0.1) is 0 Å². The number of hydrogen-bond acceptors (Lipinski definition) is 0. The Kier molecular flexibility index (Phi) is 3.07. The van der Waals surface area contributed by atoms with Gasteiger partial charge in [0, 0.05) is 5.39 Å². The van der Waals surface area contributed by atoms with E-state index >= 15 is 0 Å². The number of benzene rings is 2. The van der Waals surface area contributed by atoms with Crippen LogP contribution in [0, 0.1) is 19.7 Å². The van der Waals surface area contributed by atoms with E-state index in [1.807, 2.05) is 6.92 Å². The molecule has 1 heterocycles. The first-order chi connectivity index (χ1) is 10.6. The van der Waals surface area contributed by atoms with E-state index in [-0.39, 0.29) is 5.82 Å². The van der Waals surface area contributed by atoms with Gasteiger partial charge in [0.1, 0.15) is 5.82 Å². The molecule has 1 nitrogen and oxygen atoms in total. The molecule has 0 unspecified atom stereocenters. The molecule has 112 valence electrons. The molecule has 0 aliphatic heterocycles. The van der Waals surface area contributed by atoms with Gasteiger partial charge in [-0.25, -0.2) is 4.39 Å². The molecule has 4 rings (SSSR count). The molecule has 2 aromatic carbocycles. The Morgan fingerprint density at radius 2 is 1.73 bits per heavy atom. The number of aromatic nitrogens is 1. The maximum absolute atomic E-state index is 14.4. The maximum atomic E-state index is 14.4. The lowest BCUT2D eigenvalue weighted by molar-refractivity contribution is 0.423. The van der Waals surface area contributed by atoms with E-state index in [0.29, 0.717) is 11.4 Å². The minimum Gasteiger partial charge on any atom is -0.352 e. The van der Waals surface area contributed by atoms with Crippen LogP contribution in [0.2, 0.25) is 0 Å². The molecule has 0 radical (unpaired) electrons. The molecule has 1 aliphatic rings. The van der Waals surface area contributed by atoms with E-state index in [4.69, 9.17) is 0 Å². The lowest BCUT2D eigenvalue weighted by Gasteiger charge is -2.26. The maximum Gasteiger partial charge on any atom is 0.147 e. The number of aromatic amines is 1. The summed E-state index contributed by atoms with van der Waals surface area (Å²) in [5.74, 6) is 0.417. The Hall–Kier alpha value is -2.09. The van der Waals surface area contributed by atoms with Gasteiger partial charge < -0.3 is 4.98 Å². The third-order valence-electron chi connectivity index (χ3n) is 4.90. The zero-order valence-corrected chi connectivity index (χ0v) is 13.0. The molecule has 1 aromatic heterocycles. The highest BCUT2D eigenvalue weighted by Crippen LogP contribution is 2.45. The highest BCUT2D eigenvalue weighted by molar-refractivity contribution is 5.92. The van der Waals surface area contributed by atoms with Crippen molar-refractivity contribution in [1.82, 2.24) is 4.98 Å². The molecule has 0 saturated heterocycles. The minimum absolute atomic E-state index is 0.145. The standard InChI is InChI=1S/C20H20FN/c1-12-6-8-15(9-7-12)19-18(14-4-3-5-14)16-10-13(2)11-17(21)20(16)22-19/h6-11,14,22H,3-5H2,1-2H3. The average Bonchev–Trinajstić information content (AvgIpc) is 2.78. The van der Waals surface area contributed by atoms with E-state index in [0.717, 1.165) is 22.2 Å². The Morgan fingerprint density at radius 1 is 1.00 bits per heavy atom. The number of fused-ring (bicyclic) bond motifs is 1. The van der Waals surface area contributed by atoms with Crippen molar-refractivity contribution in [1.29, 1.82) is 0 Å². The number of H-pyrrole nitrogens is 1. The second kappa shape index (κ2) is 4.98. The van der Waals surface area contributed by atoms with Crippen molar-refractivity contribution in [2.45, 2.75) is 39.0 Å². The largest absolute Gasteiger partial charge is 0.352 e. The van der Waals surface area contributed by atoms with Crippen LogP contribution >= 0.6 is 0 Å². The summed E-state index contributed by atoms with van der Waals surface area (Å²) in [4.78, 5) is 3.37. The molecule has 2 heteroatoms. The molecular formula is C20H20FN. The summed E-state index contributed by atoms with van der Waals surface area (Å²) in [6, 6.07) is 12.2.